The quantitative estimate of drug-likeness (QED) is 0.572. The standard InChI is InChI=1S/C20H24N2O2S/c1-22-11-10-19-16(15-22)6-5-9-20(19)21-25-18-8-4-3-7-17(14-18)24-13-12-23-2/h3-7,9-11,14,21H,8,12-13,15H2,1-2H3. The first-order valence-electron chi connectivity index (χ1n) is 8.38. The second-order valence-corrected chi connectivity index (χ2v) is 6.90. The molecule has 0 amide bonds. The Labute approximate surface area is 154 Å². The summed E-state index contributed by atoms with van der Waals surface area (Å²) in [6.07, 6.45) is 13.4. The molecule has 132 valence electrons. The molecule has 1 heterocycles. The van der Waals surface area contributed by atoms with Crippen LogP contribution >= 0.6 is 11.9 Å². The van der Waals surface area contributed by atoms with Crippen molar-refractivity contribution in [3.63, 3.8) is 0 Å². The van der Waals surface area contributed by atoms with Gasteiger partial charge < -0.3 is 19.1 Å². The Morgan fingerprint density at radius 2 is 2.20 bits per heavy atom. The van der Waals surface area contributed by atoms with E-state index in [9.17, 15) is 0 Å². The lowest BCUT2D eigenvalue weighted by Gasteiger charge is -2.23. The minimum Gasteiger partial charge on any atom is -0.491 e. The number of anilines is 1. The molecule has 2 aliphatic rings. The number of benzene rings is 1. The van der Waals surface area contributed by atoms with Crippen molar-refractivity contribution in [2.45, 2.75) is 13.0 Å². The van der Waals surface area contributed by atoms with Gasteiger partial charge in [-0.05, 0) is 54.4 Å². The zero-order valence-electron chi connectivity index (χ0n) is 14.7. The van der Waals surface area contributed by atoms with Crippen molar-refractivity contribution in [1.29, 1.82) is 0 Å². The number of methoxy groups -OCH3 is 1. The molecule has 1 N–H and O–H groups in total. The number of hydrogen-bond donors (Lipinski definition) is 1. The Morgan fingerprint density at radius 1 is 1.28 bits per heavy atom. The molecule has 0 atom stereocenters. The summed E-state index contributed by atoms with van der Waals surface area (Å²) in [6.45, 7) is 2.09. The summed E-state index contributed by atoms with van der Waals surface area (Å²) in [7, 11) is 3.77. The normalized spacial score (nSPS) is 16.0. The van der Waals surface area contributed by atoms with Gasteiger partial charge in [0.15, 0.2) is 0 Å². The maximum atomic E-state index is 5.74. The van der Waals surface area contributed by atoms with Crippen LogP contribution in [0.4, 0.5) is 5.69 Å². The summed E-state index contributed by atoms with van der Waals surface area (Å²) in [6, 6.07) is 6.42. The highest BCUT2D eigenvalue weighted by Crippen LogP contribution is 2.31. The van der Waals surface area contributed by atoms with Gasteiger partial charge in [-0.1, -0.05) is 24.3 Å². The van der Waals surface area contributed by atoms with E-state index in [0.29, 0.717) is 13.2 Å². The van der Waals surface area contributed by atoms with Gasteiger partial charge >= 0.3 is 0 Å². The molecule has 25 heavy (non-hydrogen) atoms. The average Bonchev–Trinajstić information content (AvgIpc) is 2.85. The predicted octanol–water partition coefficient (Wildman–Crippen LogP) is 4.55. The van der Waals surface area contributed by atoms with Gasteiger partial charge in [0.05, 0.1) is 12.3 Å². The molecule has 0 radical (unpaired) electrons. The summed E-state index contributed by atoms with van der Waals surface area (Å²) < 4.78 is 14.3. The summed E-state index contributed by atoms with van der Waals surface area (Å²) in [4.78, 5) is 3.40. The van der Waals surface area contributed by atoms with Crippen LogP contribution < -0.4 is 4.72 Å². The summed E-state index contributed by atoms with van der Waals surface area (Å²) in [5.74, 6) is 0.867. The van der Waals surface area contributed by atoms with E-state index in [0.717, 1.165) is 24.4 Å². The lowest BCUT2D eigenvalue weighted by atomic mass is 10.0. The smallest absolute Gasteiger partial charge is 0.120 e. The maximum Gasteiger partial charge on any atom is 0.120 e. The first kappa shape index (κ1) is 17.7. The average molecular weight is 356 g/mol. The van der Waals surface area contributed by atoms with E-state index in [1.165, 1.54) is 16.0 Å². The second kappa shape index (κ2) is 8.83. The third-order valence-electron chi connectivity index (χ3n) is 3.98. The maximum absolute atomic E-state index is 5.74. The van der Waals surface area contributed by atoms with Crippen LogP contribution in [0.3, 0.4) is 0 Å². The molecule has 0 saturated carbocycles. The third-order valence-corrected chi connectivity index (χ3v) is 4.85. The van der Waals surface area contributed by atoms with Crippen molar-refractivity contribution in [3.8, 4) is 0 Å². The number of ether oxygens (including phenoxy) is 2. The molecule has 1 aromatic rings. The van der Waals surface area contributed by atoms with Crippen molar-refractivity contribution < 1.29 is 9.47 Å². The van der Waals surface area contributed by atoms with Gasteiger partial charge in [0.25, 0.3) is 0 Å². The van der Waals surface area contributed by atoms with Crippen LogP contribution in [0.1, 0.15) is 17.5 Å². The van der Waals surface area contributed by atoms with Crippen molar-refractivity contribution in [3.05, 3.63) is 70.5 Å². The molecular formula is C20H24N2O2S. The number of hydrogen-bond acceptors (Lipinski definition) is 5. The Kier molecular flexibility index (Phi) is 6.25. The van der Waals surface area contributed by atoms with Crippen LogP contribution in [0.5, 0.6) is 0 Å². The molecule has 1 aromatic carbocycles. The van der Waals surface area contributed by atoms with Crippen LogP contribution in [0.15, 0.2) is 59.4 Å². The molecule has 4 nitrogen and oxygen atoms in total. The molecule has 0 aromatic heterocycles. The SMILES string of the molecule is COCCOC1=CC=CCC(SNc2cccc3c2C=CN(C)C3)=C1. The fraction of sp³-hybridized carbons (Fsp3) is 0.300. The van der Waals surface area contributed by atoms with E-state index < -0.39 is 0 Å². The van der Waals surface area contributed by atoms with E-state index in [2.05, 4.69) is 59.3 Å². The van der Waals surface area contributed by atoms with E-state index >= 15 is 0 Å². The molecule has 1 aliphatic heterocycles. The lowest BCUT2D eigenvalue weighted by molar-refractivity contribution is 0.114. The minimum absolute atomic E-state index is 0.558. The van der Waals surface area contributed by atoms with Crippen LogP contribution in [-0.2, 0) is 16.0 Å². The van der Waals surface area contributed by atoms with Crippen LogP contribution in [0.25, 0.3) is 6.08 Å². The zero-order chi connectivity index (χ0) is 17.5. The van der Waals surface area contributed by atoms with E-state index in [1.54, 1.807) is 19.1 Å². The van der Waals surface area contributed by atoms with Gasteiger partial charge in [-0.15, -0.1) is 0 Å². The molecule has 0 bridgehead atoms. The highest BCUT2D eigenvalue weighted by Gasteiger charge is 2.12. The summed E-state index contributed by atoms with van der Waals surface area (Å²) in [5.41, 5.74) is 3.76. The summed E-state index contributed by atoms with van der Waals surface area (Å²) in [5, 5.41) is 0. The summed E-state index contributed by atoms with van der Waals surface area (Å²) >= 11 is 1.64. The van der Waals surface area contributed by atoms with Crippen LogP contribution in [0.2, 0.25) is 0 Å². The second-order valence-electron chi connectivity index (χ2n) is 5.97. The molecule has 5 heteroatoms. The molecule has 0 unspecified atom stereocenters. The molecule has 0 saturated heterocycles. The molecule has 0 fully saturated rings. The number of allylic oxidation sites excluding steroid dienone is 5. The largest absolute Gasteiger partial charge is 0.491 e. The Bertz CT molecular complexity index is 722. The van der Waals surface area contributed by atoms with Crippen molar-refractivity contribution in [1.82, 2.24) is 4.90 Å². The Balaban J connectivity index is 1.66. The first-order chi connectivity index (χ1) is 12.3. The van der Waals surface area contributed by atoms with Gasteiger partial charge in [0, 0.05) is 31.2 Å². The highest BCUT2D eigenvalue weighted by molar-refractivity contribution is 8.04. The first-order valence-corrected chi connectivity index (χ1v) is 9.20. The topological polar surface area (TPSA) is 33.7 Å². The molecule has 1 aliphatic carbocycles. The Hall–Kier alpha value is -2.11. The van der Waals surface area contributed by atoms with Gasteiger partial charge in [0.1, 0.15) is 12.4 Å². The minimum atomic E-state index is 0.558. The van der Waals surface area contributed by atoms with Gasteiger partial charge in [0.2, 0.25) is 0 Å². The van der Waals surface area contributed by atoms with E-state index in [-0.39, 0.29) is 0 Å². The number of fused-ring (bicyclic) bond motifs is 1. The van der Waals surface area contributed by atoms with E-state index in [1.807, 2.05) is 12.2 Å². The van der Waals surface area contributed by atoms with Crippen LogP contribution in [0, 0.1) is 0 Å². The number of rotatable bonds is 7. The van der Waals surface area contributed by atoms with Gasteiger partial charge in [-0.2, -0.15) is 0 Å². The monoisotopic (exact) mass is 356 g/mol. The van der Waals surface area contributed by atoms with Crippen molar-refractivity contribution in [2.75, 3.05) is 32.1 Å². The fourth-order valence-electron chi connectivity index (χ4n) is 2.70. The number of nitrogens with one attached hydrogen (secondary N) is 1. The van der Waals surface area contributed by atoms with Gasteiger partial charge in [-0.25, -0.2) is 0 Å². The molecule has 0 spiro atoms. The molecule has 3 rings (SSSR count). The third kappa shape index (κ3) is 4.94. The number of nitrogens with zero attached hydrogens (tertiary/aromatic N) is 1. The van der Waals surface area contributed by atoms with Crippen molar-refractivity contribution >= 4 is 23.7 Å². The molecular weight excluding hydrogens is 332 g/mol. The van der Waals surface area contributed by atoms with Gasteiger partial charge in [-0.3, -0.25) is 0 Å². The highest BCUT2D eigenvalue weighted by atomic mass is 32.2. The lowest BCUT2D eigenvalue weighted by Crippen LogP contribution is -2.14. The zero-order valence-corrected chi connectivity index (χ0v) is 15.5. The van der Waals surface area contributed by atoms with E-state index in [4.69, 9.17) is 9.47 Å². The Morgan fingerprint density at radius 3 is 3.08 bits per heavy atom. The van der Waals surface area contributed by atoms with Crippen LogP contribution in [-0.4, -0.2) is 32.3 Å². The van der Waals surface area contributed by atoms with Crippen molar-refractivity contribution in [2.24, 2.45) is 0 Å². The predicted molar refractivity (Wildman–Crippen MR) is 106 cm³/mol. The fourth-order valence-corrected chi connectivity index (χ4v) is 3.47.